The van der Waals surface area contributed by atoms with Crippen molar-refractivity contribution in [2.24, 2.45) is 17.1 Å². The van der Waals surface area contributed by atoms with Gasteiger partial charge in [0.2, 0.25) is 5.91 Å². The molecule has 18 heavy (non-hydrogen) atoms. The first-order valence-corrected chi connectivity index (χ1v) is 6.70. The van der Waals surface area contributed by atoms with Gasteiger partial charge < -0.3 is 20.1 Å². The van der Waals surface area contributed by atoms with Crippen molar-refractivity contribution in [1.29, 1.82) is 0 Å². The van der Waals surface area contributed by atoms with Gasteiger partial charge >= 0.3 is 0 Å². The van der Waals surface area contributed by atoms with Gasteiger partial charge in [0.25, 0.3) is 0 Å². The van der Waals surface area contributed by atoms with E-state index in [0.29, 0.717) is 19.1 Å². The fourth-order valence-electron chi connectivity index (χ4n) is 2.74. The van der Waals surface area contributed by atoms with Gasteiger partial charge in [-0.15, -0.1) is 0 Å². The van der Waals surface area contributed by atoms with E-state index in [2.05, 4.69) is 0 Å². The maximum absolute atomic E-state index is 12.5. The zero-order chi connectivity index (χ0) is 13.2. The molecule has 2 fully saturated rings. The third-order valence-electron chi connectivity index (χ3n) is 4.23. The van der Waals surface area contributed by atoms with Crippen molar-refractivity contribution in [3.05, 3.63) is 0 Å². The number of carbonyl (C=O) groups excluding carboxylic acids is 1. The topological polar surface area (TPSA) is 64.8 Å². The first kappa shape index (κ1) is 13.8. The zero-order valence-electron chi connectivity index (χ0n) is 11.4. The number of nitrogens with zero attached hydrogens (tertiary/aromatic N) is 1. The smallest absolute Gasteiger partial charge is 0.232 e. The van der Waals surface area contributed by atoms with Crippen molar-refractivity contribution in [2.75, 3.05) is 40.0 Å². The lowest BCUT2D eigenvalue weighted by Crippen LogP contribution is -2.51. The lowest BCUT2D eigenvalue weighted by Gasteiger charge is -2.33. The Morgan fingerprint density at radius 3 is 2.61 bits per heavy atom. The van der Waals surface area contributed by atoms with Crippen molar-refractivity contribution in [3.8, 4) is 0 Å². The number of carbonyl (C=O) groups is 1. The van der Waals surface area contributed by atoms with E-state index >= 15 is 0 Å². The molecule has 2 saturated heterocycles. The molecule has 0 aliphatic carbocycles. The van der Waals surface area contributed by atoms with E-state index < -0.39 is 5.41 Å². The van der Waals surface area contributed by atoms with E-state index in [9.17, 15) is 4.79 Å². The second kappa shape index (κ2) is 5.55. The minimum Gasteiger partial charge on any atom is -0.381 e. The summed E-state index contributed by atoms with van der Waals surface area (Å²) < 4.78 is 10.7. The molecule has 5 heteroatoms. The first-order valence-electron chi connectivity index (χ1n) is 6.70. The van der Waals surface area contributed by atoms with E-state index in [-0.39, 0.29) is 11.9 Å². The Morgan fingerprint density at radius 1 is 1.39 bits per heavy atom. The molecule has 0 bridgehead atoms. The normalized spacial score (nSPS) is 33.6. The summed E-state index contributed by atoms with van der Waals surface area (Å²) in [6, 6.07) is -0.192. The summed E-state index contributed by atoms with van der Waals surface area (Å²) in [4.78, 5) is 14.3. The largest absolute Gasteiger partial charge is 0.381 e. The predicted octanol–water partition coefficient (Wildman–Crippen LogP) is 0.235. The van der Waals surface area contributed by atoms with Gasteiger partial charge in [0.1, 0.15) is 0 Å². The zero-order valence-corrected chi connectivity index (χ0v) is 11.4. The fourth-order valence-corrected chi connectivity index (χ4v) is 2.74. The van der Waals surface area contributed by atoms with Gasteiger partial charge in [-0.1, -0.05) is 0 Å². The van der Waals surface area contributed by atoms with Gasteiger partial charge in [-0.3, -0.25) is 4.79 Å². The molecule has 2 aliphatic heterocycles. The van der Waals surface area contributed by atoms with E-state index in [1.165, 1.54) is 0 Å². The first-order chi connectivity index (χ1) is 8.54. The van der Waals surface area contributed by atoms with Crippen LogP contribution in [0.25, 0.3) is 0 Å². The van der Waals surface area contributed by atoms with Crippen molar-refractivity contribution < 1.29 is 14.3 Å². The van der Waals surface area contributed by atoms with E-state index in [1.807, 2.05) is 18.9 Å². The number of amides is 1. The predicted molar refractivity (Wildman–Crippen MR) is 68.1 cm³/mol. The summed E-state index contributed by atoms with van der Waals surface area (Å²) in [5.41, 5.74) is 5.44. The van der Waals surface area contributed by atoms with Crippen LogP contribution in [0.1, 0.15) is 19.8 Å². The second-order valence-electron chi connectivity index (χ2n) is 5.78. The Labute approximate surface area is 109 Å². The van der Waals surface area contributed by atoms with Crippen LogP contribution < -0.4 is 5.73 Å². The summed E-state index contributed by atoms with van der Waals surface area (Å²) in [5.74, 6) is 0.661. The molecule has 0 aromatic carbocycles. The molecule has 0 saturated carbocycles. The molecular weight excluding hydrogens is 232 g/mol. The summed E-state index contributed by atoms with van der Waals surface area (Å²) in [7, 11) is 1.87. The molecule has 0 spiro atoms. The molecule has 2 N–H and O–H groups in total. The molecule has 2 unspecified atom stereocenters. The fraction of sp³-hybridized carbons (Fsp3) is 0.923. The van der Waals surface area contributed by atoms with Gasteiger partial charge in [0.05, 0.1) is 18.6 Å². The molecule has 1 amide bonds. The standard InChI is InChI=1S/C13H24N2O3/c1-13(9-18-8-11(13)14)12(16)15(2)7-10-3-5-17-6-4-10/h10-11H,3-9,14H2,1-2H3. The van der Waals surface area contributed by atoms with E-state index in [4.69, 9.17) is 15.2 Å². The average Bonchev–Trinajstić information content (AvgIpc) is 2.71. The average molecular weight is 256 g/mol. The van der Waals surface area contributed by atoms with E-state index in [0.717, 1.165) is 32.6 Å². The van der Waals surface area contributed by atoms with E-state index in [1.54, 1.807) is 0 Å². The monoisotopic (exact) mass is 256 g/mol. The van der Waals surface area contributed by atoms with Gasteiger partial charge in [-0.05, 0) is 25.7 Å². The maximum atomic E-state index is 12.5. The van der Waals surface area contributed by atoms with Crippen LogP contribution in [0.3, 0.4) is 0 Å². The molecule has 0 aromatic heterocycles. The number of hydrogen-bond acceptors (Lipinski definition) is 4. The second-order valence-corrected chi connectivity index (χ2v) is 5.78. The Morgan fingerprint density at radius 2 is 2.06 bits per heavy atom. The third kappa shape index (κ3) is 2.68. The van der Waals surface area contributed by atoms with Gasteiger partial charge in [0.15, 0.2) is 0 Å². The summed E-state index contributed by atoms with van der Waals surface area (Å²) in [6.45, 7) is 5.25. The maximum Gasteiger partial charge on any atom is 0.232 e. The number of nitrogens with two attached hydrogens (primary N) is 1. The lowest BCUT2D eigenvalue weighted by molar-refractivity contribution is -0.141. The van der Waals surface area contributed by atoms with Crippen LogP contribution in [-0.2, 0) is 14.3 Å². The van der Waals surface area contributed by atoms with Crippen LogP contribution in [0.2, 0.25) is 0 Å². The Hall–Kier alpha value is -0.650. The highest BCUT2D eigenvalue weighted by Crippen LogP contribution is 2.29. The SMILES string of the molecule is CN(CC1CCOCC1)C(=O)C1(C)COCC1N. The molecule has 0 radical (unpaired) electrons. The molecule has 5 nitrogen and oxygen atoms in total. The quantitative estimate of drug-likeness (QED) is 0.785. The highest BCUT2D eigenvalue weighted by molar-refractivity contribution is 5.83. The molecule has 2 heterocycles. The summed E-state index contributed by atoms with van der Waals surface area (Å²) >= 11 is 0. The Balaban J connectivity index is 1.91. The van der Waals surface area contributed by atoms with Crippen LogP contribution in [-0.4, -0.2) is 56.9 Å². The lowest BCUT2D eigenvalue weighted by atomic mass is 9.84. The van der Waals surface area contributed by atoms with Crippen LogP contribution in [0, 0.1) is 11.3 Å². The minimum absolute atomic E-state index is 0.110. The van der Waals surface area contributed by atoms with Crippen molar-refractivity contribution in [1.82, 2.24) is 4.90 Å². The number of ether oxygens (including phenoxy) is 2. The minimum atomic E-state index is -0.556. The molecule has 2 atom stereocenters. The van der Waals surface area contributed by atoms with Gasteiger partial charge in [-0.25, -0.2) is 0 Å². The molecule has 2 rings (SSSR count). The van der Waals surface area contributed by atoms with Gasteiger partial charge in [0, 0.05) is 32.8 Å². The summed E-state index contributed by atoms with van der Waals surface area (Å²) in [5, 5.41) is 0. The molecule has 0 aromatic rings. The third-order valence-corrected chi connectivity index (χ3v) is 4.23. The van der Waals surface area contributed by atoms with Crippen LogP contribution in [0.4, 0.5) is 0 Å². The van der Waals surface area contributed by atoms with Crippen LogP contribution >= 0.6 is 0 Å². The Bertz CT molecular complexity index is 305. The van der Waals surface area contributed by atoms with Crippen LogP contribution in [0.5, 0.6) is 0 Å². The highest BCUT2D eigenvalue weighted by Gasteiger charge is 2.45. The molecule has 2 aliphatic rings. The molecular formula is C13H24N2O3. The highest BCUT2D eigenvalue weighted by atomic mass is 16.5. The van der Waals surface area contributed by atoms with Crippen molar-refractivity contribution in [3.63, 3.8) is 0 Å². The van der Waals surface area contributed by atoms with Gasteiger partial charge in [-0.2, -0.15) is 0 Å². The number of hydrogen-bond donors (Lipinski definition) is 1. The van der Waals surface area contributed by atoms with Crippen molar-refractivity contribution >= 4 is 5.91 Å². The Kier molecular flexibility index (Phi) is 4.25. The van der Waals surface area contributed by atoms with Crippen molar-refractivity contribution in [2.45, 2.75) is 25.8 Å². The van der Waals surface area contributed by atoms with Crippen LogP contribution in [0.15, 0.2) is 0 Å². The number of rotatable bonds is 3. The summed E-state index contributed by atoms with van der Waals surface area (Å²) in [6.07, 6.45) is 2.08. The molecule has 104 valence electrons.